The zero-order valence-corrected chi connectivity index (χ0v) is 10.3. The van der Waals surface area contributed by atoms with E-state index < -0.39 is 40.8 Å². The van der Waals surface area contributed by atoms with Crippen molar-refractivity contribution in [1.82, 2.24) is 4.98 Å². The largest absolute Gasteiger partial charge is 0.371 e. The lowest BCUT2D eigenvalue weighted by Gasteiger charge is -2.15. The summed E-state index contributed by atoms with van der Waals surface area (Å²) in [4.78, 5) is 3.88. The maximum atomic E-state index is 13.4. The van der Waals surface area contributed by atoms with E-state index in [1.807, 2.05) is 0 Å². The molecule has 0 saturated heterocycles. The molecule has 8 heteroatoms. The molecule has 0 radical (unpaired) electrons. The Bertz CT molecular complexity index is 571. The summed E-state index contributed by atoms with van der Waals surface area (Å²) in [6.07, 6.45) is 1.47. The van der Waals surface area contributed by atoms with Crippen molar-refractivity contribution in [3.05, 3.63) is 45.7 Å². The minimum atomic E-state index is -2.18. The molecular formula is C11H7F5N2S. The molecule has 2 nitrogen and oxygen atoms in total. The fourth-order valence-electron chi connectivity index (χ4n) is 1.46. The molecule has 1 unspecified atom stereocenters. The van der Waals surface area contributed by atoms with E-state index in [4.69, 9.17) is 0 Å². The predicted molar refractivity (Wildman–Crippen MR) is 60.4 cm³/mol. The minimum absolute atomic E-state index is 0.462. The van der Waals surface area contributed by atoms with Gasteiger partial charge >= 0.3 is 0 Å². The Morgan fingerprint density at radius 1 is 1.00 bits per heavy atom. The topological polar surface area (TPSA) is 24.9 Å². The summed E-state index contributed by atoms with van der Waals surface area (Å²) in [6, 6.07) is -0.687. The molecule has 2 aromatic rings. The van der Waals surface area contributed by atoms with Crippen LogP contribution in [0.2, 0.25) is 0 Å². The number of nitrogens with zero attached hydrogens (tertiary/aromatic N) is 1. The summed E-state index contributed by atoms with van der Waals surface area (Å²) in [5, 5.41) is 4.33. The lowest BCUT2D eigenvalue weighted by molar-refractivity contribution is 0.381. The highest BCUT2D eigenvalue weighted by Crippen LogP contribution is 2.30. The molecule has 0 spiro atoms. The van der Waals surface area contributed by atoms with Crippen LogP contribution in [0, 0.1) is 29.1 Å². The third-order valence-corrected chi connectivity index (χ3v) is 3.35. The summed E-state index contributed by atoms with van der Waals surface area (Å²) in [6.45, 7) is 1.50. The van der Waals surface area contributed by atoms with Gasteiger partial charge in [0.2, 0.25) is 5.82 Å². The van der Waals surface area contributed by atoms with Crippen molar-refractivity contribution in [3.63, 3.8) is 0 Å². The van der Waals surface area contributed by atoms with Crippen LogP contribution in [-0.2, 0) is 0 Å². The second-order valence-corrected chi connectivity index (χ2v) is 4.61. The molecule has 19 heavy (non-hydrogen) atoms. The Labute approximate surface area is 108 Å². The van der Waals surface area contributed by atoms with Gasteiger partial charge in [0.15, 0.2) is 23.3 Å². The van der Waals surface area contributed by atoms with Gasteiger partial charge in [0.25, 0.3) is 0 Å². The molecule has 0 amide bonds. The first-order chi connectivity index (χ1) is 8.93. The molecule has 102 valence electrons. The van der Waals surface area contributed by atoms with Gasteiger partial charge in [-0.15, -0.1) is 11.3 Å². The van der Waals surface area contributed by atoms with Gasteiger partial charge < -0.3 is 5.32 Å². The van der Waals surface area contributed by atoms with E-state index in [0.717, 1.165) is 0 Å². The Morgan fingerprint density at radius 2 is 1.53 bits per heavy atom. The van der Waals surface area contributed by atoms with Crippen LogP contribution in [0.25, 0.3) is 0 Å². The zero-order valence-electron chi connectivity index (χ0n) is 9.48. The van der Waals surface area contributed by atoms with Gasteiger partial charge in [-0.05, 0) is 6.92 Å². The van der Waals surface area contributed by atoms with E-state index in [1.165, 1.54) is 24.5 Å². The van der Waals surface area contributed by atoms with Gasteiger partial charge in [-0.3, -0.25) is 0 Å². The van der Waals surface area contributed by atoms with Crippen LogP contribution in [0.3, 0.4) is 0 Å². The first kappa shape index (κ1) is 13.7. The molecule has 1 heterocycles. The Morgan fingerprint density at radius 3 is 2.00 bits per heavy atom. The number of hydrogen-bond acceptors (Lipinski definition) is 3. The smallest absolute Gasteiger partial charge is 0.200 e. The van der Waals surface area contributed by atoms with Crippen molar-refractivity contribution in [2.24, 2.45) is 0 Å². The first-order valence-electron chi connectivity index (χ1n) is 5.10. The van der Waals surface area contributed by atoms with Gasteiger partial charge in [-0.2, -0.15) is 0 Å². The third kappa shape index (κ3) is 2.40. The van der Waals surface area contributed by atoms with Gasteiger partial charge in [0, 0.05) is 11.6 Å². The highest BCUT2D eigenvalue weighted by Gasteiger charge is 2.26. The maximum Gasteiger partial charge on any atom is 0.200 e. The number of anilines is 1. The van der Waals surface area contributed by atoms with Gasteiger partial charge in [0.1, 0.15) is 10.7 Å². The molecule has 0 aliphatic rings. The quantitative estimate of drug-likeness (QED) is 0.525. The third-order valence-electron chi connectivity index (χ3n) is 2.39. The monoisotopic (exact) mass is 294 g/mol. The fraction of sp³-hybridized carbons (Fsp3) is 0.182. The van der Waals surface area contributed by atoms with Crippen molar-refractivity contribution in [3.8, 4) is 0 Å². The van der Waals surface area contributed by atoms with Crippen molar-refractivity contribution >= 4 is 17.0 Å². The van der Waals surface area contributed by atoms with Crippen LogP contribution in [-0.4, -0.2) is 4.98 Å². The summed E-state index contributed by atoms with van der Waals surface area (Å²) in [7, 11) is 0. The lowest BCUT2D eigenvalue weighted by Crippen LogP contribution is -2.13. The maximum absolute atomic E-state index is 13.4. The Kier molecular flexibility index (Phi) is 3.70. The van der Waals surface area contributed by atoms with E-state index in [1.54, 1.807) is 5.38 Å². The van der Waals surface area contributed by atoms with E-state index in [0.29, 0.717) is 5.01 Å². The van der Waals surface area contributed by atoms with Crippen LogP contribution in [0.15, 0.2) is 11.6 Å². The molecule has 0 aliphatic carbocycles. The molecule has 0 fully saturated rings. The van der Waals surface area contributed by atoms with Crippen molar-refractivity contribution in [1.29, 1.82) is 0 Å². The molecule has 0 bridgehead atoms. The number of thiazole rings is 1. The van der Waals surface area contributed by atoms with Crippen LogP contribution in [0.4, 0.5) is 27.6 Å². The predicted octanol–water partition coefficient (Wildman–Crippen LogP) is 4.01. The Hall–Kier alpha value is -1.70. The summed E-state index contributed by atoms with van der Waals surface area (Å²) < 4.78 is 65.6. The molecule has 1 aromatic carbocycles. The second kappa shape index (κ2) is 5.12. The van der Waals surface area contributed by atoms with Crippen LogP contribution >= 0.6 is 11.3 Å². The summed E-state index contributed by atoms with van der Waals surface area (Å²) >= 11 is 1.19. The van der Waals surface area contributed by atoms with Crippen LogP contribution in [0.1, 0.15) is 18.0 Å². The van der Waals surface area contributed by atoms with Crippen molar-refractivity contribution in [2.45, 2.75) is 13.0 Å². The molecule has 1 N–H and O–H groups in total. The number of aromatic nitrogens is 1. The Balaban J connectivity index is 2.41. The number of benzene rings is 1. The second-order valence-electron chi connectivity index (χ2n) is 3.68. The first-order valence-corrected chi connectivity index (χ1v) is 5.98. The van der Waals surface area contributed by atoms with E-state index in [9.17, 15) is 22.0 Å². The van der Waals surface area contributed by atoms with Gasteiger partial charge in [0.05, 0.1) is 6.04 Å². The van der Waals surface area contributed by atoms with Gasteiger partial charge in [-0.1, -0.05) is 0 Å². The number of nitrogens with one attached hydrogen (secondary N) is 1. The van der Waals surface area contributed by atoms with Crippen LogP contribution in [0.5, 0.6) is 0 Å². The minimum Gasteiger partial charge on any atom is -0.371 e. The normalized spacial score (nSPS) is 12.5. The van der Waals surface area contributed by atoms with Gasteiger partial charge in [-0.25, -0.2) is 26.9 Å². The average Bonchev–Trinajstić information content (AvgIpc) is 2.93. The van der Waals surface area contributed by atoms with E-state index >= 15 is 0 Å². The van der Waals surface area contributed by atoms with Crippen molar-refractivity contribution < 1.29 is 22.0 Å². The number of hydrogen-bond donors (Lipinski definition) is 1. The van der Waals surface area contributed by atoms with E-state index in [-0.39, 0.29) is 0 Å². The highest BCUT2D eigenvalue weighted by molar-refractivity contribution is 7.09. The molecule has 0 aliphatic heterocycles. The van der Waals surface area contributed by atoms with Crippen molar-refractivity contribution in [2.75, 3.05) is 5.32 Å². The number of rotatable bonds is 3. The molecule has 2 rings (SSSR count). The standard InChI is InChI=1S/C11H7F5N2S/c1-4(11-17-2-3-19-11)18-10-8(15)6(13)5(12)7(14)9(10)16/h2-4,18H,1H3. The van der Waals surface area contributed by atoms with Crippen LogP contribution < -0.4 is 5.32 Å². The highest BCUT2D eigenvalue weighted by atomic mass is 32.1. The molecule has 1 atom stereocenters. The molecule has 1 aromatic heterocycles. The summed E-state index contributed by atoms with van der Waals surface area (Å²) in [5.74, 6) is -9.91. The molecular weight excluding hydrogens is 287 g/mol. The van der Waals surface area contributed by atoms with E-state index in [2.05, 4.69) is 10.3 Å². The SMILES string of the molecule is CC(Nc1c(F)c(F)c(F)c(F)c1F)c1nccs1. The average molecular weight is 294 g/mol. The summed E-state index contributed by atoms with van der Waals surface area (Å²) in [5.41, 5.74) is -1.06. The zero-order chi connectivity index (χ0) is 14.2. The fourth-order valence-corrected chi connectivity index (χ4v) is 2.10. The lowest BCUT2D eigenvalue weighted by atomic mass is 10.2. The number of halogens is 5. The molecule has 0 saturated carbocycles.